The van der Waals surface area contributed by atoms with E-state index in [1.807, 2.05) is 12.1 Å². The molecule has 0 bridgehead atoms. The highest BCUT2D eigenvalue weighted by molar-refractivity contribution is 9.10. The number of fused-ring (bicyclic) bond motifs is 1. The Morgan fingerprint density at radius 3 is 2.71 bits per heavy atom. The van der Waals surface area contributed by atoms with E-state index in [0.717, 1.165) is 27.7 Å². The Bertz CT molecular complexity index is 763. The van der Waals surface area contributed by atoms with Gasteiger partial charge in [-0.05, 0) is 43.3 Å². The number of hydrogen-bond donors (Lipinski definition) is 1. The molecule has 1 aromatic heterocycles. The van der Waals surface area contributed by atoms with Crippen LogP contribution in [-0.2, 0) is 0 Å². The first kappa shape index (κ1) is 14.4. The van der Waals surface area contributed by atoms with Gasteiger partial charge in [-0.25, -0.2) is 0 Å². The number of nitrogens with one attached hydrogen (secondary N) is 1. The summed E-state index contributed by atoms with van der Waals surface area (Å²) in [5.41, 5.74) is 3.37. The zero-order valence-corrected chi connectivity index (χ0v) is 13.8. The molecule has 0 aliphatic heterocycles. The van der Waals surface area contributed by atoms with Gasteiger partial charge >= 0.3 is 0 Å². The maximum absolute atomic E-state index is 6.06. The van der Waals surface area contributed by atoms with Crippen LogP contribution in [0, 0.1) is 6.92 Å². The highest BCUT2D eigenvalue weighted by Gasteiger charge is 2.19. The lowest BCUT2D eigenvalue weighted by Crippen LogP contribution is -2.21. The first-order valence-electron chi connectivity index (χ1n) is 7.17. The van der Waals surface area contributed by atoms with Crippen molar-refractivity contribution in [3.63, 3.8) is 0 Å². The second-order valence-electron chi connectivity index (χ2n) is 5.20. The lowest BCUT2D eigenvalue weighted by molar-refractivity contribution is 0.476. The van der Waals surface area contributed by atoms with Crippen LogP contribution in [0.3, 0.4) is 0 Å². The molecule has 0 saturated heterocycles. The van der Waals surface area contributed by atoms with Gasteiger partial charge in [-0.3, -0.25) is 0 Å². The molecule has 0 saturated carbocycles. The van der Waals surface area contributed by atoms with Crippen molar-refractivity contribution in [1.82, 2.24) is 5.32 Å². The molecule has 0 aliphatic carbocycles. The molecule has 1 heterocycles. The number of halogens is 1. The average Bonchev–Trinajstić information content (AvgIpc) is 2.88. The molecule has 0 radical (unpaired) electrons. The SMILES string of the molecule is CCNC(c1cc2cc(C)ccc2o1)c1ccccc1Br. The summed E-state index contributed by atoms with van der Waals surface area (Å²) in [6.07, 6.45) is 0. The summed E-state index contributed by atoms with van der Waals surface area (Å²) < 4.78 is 7.15. The number of aryl methyl sites for hydroxylation is 1. The van der Waals surface area contributed by atoms with Gasteiger partial charge in [-0.2, -0.15) is 0 Å². The van der Waals surface area contributed by atoms with Crippen LogP contribution in [0.15, 0.2) is 57.4 Å². The Kier molecular flexibility index (Phi) is 4.13. The van der Waals surface area contributed by atoms with Crippen LogP contribution in [0.25, 0.3) is 11.0 Å². The van der Waals surface area contributed by atoms with E-state index in [1.165, 1.54) is 11.1 Å². The van der Waals surface area contributed by atoms with Crippen LogP contribution in [0.4, 0.5) is 0 Å². The lowest BCUT2D eigenvalue weighted by atomic mass is 10.0. The van der Waals surface area contributed by atoms with Gasteiger partial charge in [-0.1, -0.05) is 52.7 Å². The molecule has 1 unspecified atom stereocenters. The van der Waals surface area contributed by atoms with E-state index < -0.39 is 0 Å². The van der Waals surface area contributed by atoms with Crippen molar-refractivity contribution in [2.75, 3.05) is 6.54 Å². The number of hydrogen-bond acceptors (Lipinski definition) is 2. The molecule has 1 atom stereocenters. The summed E-state index contributed by atoms with van der Waals surface area (Å²) in [5, 5.41) is 4.66. The van der Waals surface area contributed by atoms with Crippen LogP contribution in [-0.4, -0.2) is 6.54 Å². The second kappa shape index (κ2) is 6.04. The quantitative estimate of drug-likeness (QED) is 0.703. The summed E-state index contributed by atoms with van der Waals surface area (Å²) in [5.74, 6) is 0.948. The summed E-state index contributed by atoms with van der Waals surface area (Å²) in [6.45, 7) is 5.08. The topological polar surface area (TPSA) is 25.2 Å². The Morgan fingerprint density at radius 1 is 1.14 bits per heavy atom. The summed E-state index contributed by atoms with van der Waals surface area (Å²) >= 11 is 3.64. The van der Waals surface area contributed by atoms with Crippen molar-refractivity contribution >= 4 is 26.9 Å². The maximum atomic E-state index is 6.06. The van der Waals surface area contributed by atoms with E-state index in [4.69, 9.17) is 4.42 Å². The van der Waals surface area contributed by atoms with Gasteiger partial charge in [0.1, 0.15) is 11.3 Å². The molecular formula is C18H18BrNO. The average molecular weight is 344 g/mol. The first-order chi connectivity index (χ1) is 10.2. The second-order valence-corrected chi connectivity index (χ2v) is 6.06. The Balaban J connectivity index is 2.09. The predicted molar refractivity (Wildman–Crippen MR) is 90.6 cm³/mol. The molecule has 0 aliphatic rings. The monoisotopic (exact) mass is 343 g/mol. The molecule has 3 heteroatoms. The van der Waals surface area contributed by atoms with Gasteiger partial charge in [0.05, 0.1) is 6.04 Å². The van der Waals surface area contributed by atoms with Gasteiger partial charge in [0.25, 0.3) is 0 Å². The zero-order chi connectivity index (χ0) is 14.8. The molecule has 0 amide bonds. The number of rotatable bonds is 4. The van der Waals surface area contributed by atoms with Crippen molar-refractivity contribution in [1.29, 1.82) is 0 Å². The third kappa shape index (κ3) is 2.89. The molecule has 1 N–H and O–H groups in total. The Labute approximate surface area is 133 Å². The third-order valence-corrected chi connectivity index (χ3v) is 4.32. The number of furan rings is 1. The summed E-state index contributed by atoms with van der Waals surface area (Å²) in [6, 6.07) is 16.7. The lowest BCUT2D eigenvalue weighted by Gasteiger charge is -2.17. The molecule has 3 rings (SSSR count). The van der Waals surface area contributed by atoms with Crippen LogP contribution in [0.1, 0.15) is 29.9 Å². The molecule has 3 aromatic rings. The zero-order valence-electron chi connectivity index (χ0n) is 12.2. The minimum absolute atomic E-state index is 0.0540. The Morgan fingerprint density at radius 2 is 1.95 bits per heavy atom. The van der Waals surface area contributed by atoms with Crippen LogP contribution in [0.2, 0.25) is 0 Å². The highest BCUT2D eigenvalue weighted by atomic mass is 79.9. The first-order valence-corrected chi connectivity index (χ1v) is 7.96. The van der Waals surface area contributed by atoms with Crippen LogP contribution < -0.4 is 5.32 Å². The smallest absolute Gasteiger partial charge is 0.134 e. The fraction of sp³-hybridized carbons (Fsp3) is 0.222. The summed E-state index contributed by atoms with van der Waals surface area (Å²) in [4.78, 5) is 0. The molecule has 0 spiro atoms. The normalized spacial score (nSPS) is 12.7. The van der Waals surface area contributed by atoms with Gasteiger partial charge in [0.15, 0.2) is 0 Å². The maximum Gasteiger partial charge on any atom is 0.134 e. The van der Waals surface area contributed by atoms with Gasteiger partial charge in [0, 0.05) is 9.86 Å². The van der Waals surface area contributed by atoms with Crippen LogP contribution in [0.5, 0.6) is 0 Å². The number of benzene rings is 2. The molecule has 0 fully saturated rings. The van der Waals surface area contributed by atoms with Crippen molar-refractivity contribution in [3.05, 3.63) is 69.9 Å². The molecule has 2 aromatic carbocycles. The minimum Gasteiger partial charge on any atom is -0.459 e. The van der Waals surface area contributed by atoms with Gasteiger partial charge in [0.2, 0.25) is 0 Å². The fourth-order valence-corrected chi connectivity index (χ4v) is 3.12. The van der Waals surface area contributed by atoms with E-state index in [-0.39, 0.29) is 6.04 Å². The van der Waals surface area contributed by atoms with Crippen molar-refractivity contribution in [2.24, 2.45) is 0 Å². The van der Waals surface area contributed by atoms with Crippen molar-refractivity contribution < 1.29 is 4.42 Å². The van der Waals surface area contributed by atoms with E-state index in [9.17, 15) is 0 Å². The van der Waals surface area contributed by atoms with Crippen molar-refractivity contribution in [3.8, 4) is 0 Å². The van der Waals surface area contributed by atoms with E-state index in [0.29, 0.717) is 0 Å². The van der Waals surface area contributed by atoms with Gasteiger partial charge < -0.3 is 9.73 Å². The minimum atomic E-state index is 0.0540. The van der Waals surface area contributed by atoms with Gasteiger partial charge in [-0.15, -0.1) is 0 Å². The van der Waals surface area contributed by atoms with E-state index in [1.54, 1.807) is 0 Å². The predicted octanol–water partition coefficient (Wildman–Crippen LogP) is 5.20. The fourth-order valence-electron chi connectivity index (χ4n) is 2.60. The van der Waals surface area contributed by atoms with E-state index >= 15 is 0 Å². The largest absolute Gasteiger partial charge is 0.459 e. The standard InChI is InChI=1S/C18H18BrNO/c1-3-20-18(14-6-4-5-7-15(14)19)17-11-13-10-12(2)8-9-16(13)21-17/h4-11,18,20H,3H2,1-2H3. The van der Waals surface area contributed by atoms with Crippen molar-refractivity contribution in [2.45, 2.75) is 19.9 Å². The van der Waals surface area contributed by atoms with Crippen LogP contribution >= 0.6 is 15.9 Å². The Hall–Kier alpha value is -1.58. The molecule has 21 heavy (non-hydrogen) atoms. The molecule has 108 valence electrons. The molecular weight excluding hydrogens is 326 g/mol. The van der Waals surface area contributed by atoms with E-state index in [2.05, 4.69) is 71.5 Å². The summed E-state index contributed by atoms with van der Waals surface area (Å²) in [7, 11) is 0. The highest BCUT2D eigenvalue weighted by Crippen LogP contribution is 2.32. The third-order valence-electron chi connectivity index (χ3n) is 3.60. The molecule has 2 nitrogen and oxygen atoms in total.